The van der Waals surface area contributed by atoms with E-state index in [0.29, 0.717) is 18.3 Å². The zero-order chi connectivity index (χ0) is 13.1. The molecule has 0 aliphatic carbocycles. The van der Waals surface area contributed by atoms with Gasteiger partial charge in [-0.2, -0.15) is 4.98 Å². The van der Waals surface area contributed by atoms with E-state index in [1.54, 1.807) is 0 Å². The van der Waals surface area contributed by atoms with Crippen LogP contribution in [0.5, 0.6) is 5.75 Å². The zero-order valence-electron chi connectivity index (χ0n) is 10.9. The first-order valence-corrected chi connectivity index (χ1v) is 6.67. The molecule has 1 saturated heterocycles. The highest BCUT2D eigenvalue weighted by Crippen LogP contribution is 2.29. The van der Waals surface area contributed by atoms with Gasteiger partial charge in [-0.3, -0.25) is 0 Å². The van der Waals surface area contributed by atoms with Crippen molar-refractivity contribution in [2.75, 3.05) is 13.2 Å². The first-order chi connectivity index (χ1) is 9.38. The monoisotopic (exact) mass is 259 g/mol. The normalized spacial score (nSPS) is 18.7. The van der Waals surface area contributed by atoms with Gasteiger partial charge in [0.2, 0.25) is 11.7 Å². The lowest BCUT2D eigenvalue weighted by Crippen LogP contribution is -2.12. The van der Waals surface area contributed by atoms with Crippen molar-refractivity contribution in [3.05, 3.63) is 30.2 Å². The van der Waals surface area contributed by atoms with E-state index in [0.717, 1.165) is 30.7 Å². The summed E-state index contributed by atoms with van der Waals surface area (Å²) in [5.41, 5.74) is 0.873. The number of ether oxygens (including phenoxy) is 1. The number of nitrogens with one attached hydrogen (secondary N) is 1. The Balaban J connectivity index is 1.89. The van der Waals surface area contributed by atoms with Gasteiger partial charge < -0.3 is 14.6 Å². The lowest BCUT2D eigenvalue weighted by molar-refractivity contribution is 0.338. The van der Waals surface area contributed by atoms with Gasteiger partial charge >= 0.3 is 0 Å². The summed E-state index contributed by atoms with van der Waals surface area (Å²) in [6, 6.07) is 7.95. The van der Waals surface area contributed by atoms with Crippen LogP contribution in [0.1, 0.15) is 31.7 Å². The molecule has 1 unspecified atom stereocenters. The molecule has 1 aliphatic heterocycles. The second-order valence-corrected chi connectivity index (χ2v) is 4.53. The van der Waals surface area contributed by atoms with Crippen molar-refractivity contribution in [2.24, 2.45) is 0 Å². The number of rotatable bonds is 4. The van der Waals surface area contributed by atoms with Crippen molar-refractivity contribution in [1.29, 1.82) is 0 Å². The van der Waals surface area contributed by atoms with E-state index < -0.39 is 0 Å². The van der Waals surface area contributed by atoms with Crippen molar-refractivity contribution in [3.63, 3.8) is 0 Å². The lowest BCUT2D eigenvalue weighted by Gasteiger charge is -2.06. The topological polar surface area (TPSA) is 60.2 Å². The first-order valence-electron chi connectivity index (χ1n) is 6.67. The van der Waals surface area contributed by atoms with Crippen molar-refractivity contribution in [3.8, 4) is 17.1 Å². The van der Waals surface area contributed by atoms with Crippen LogP contribution in [0.15, 0.2) is 28.8 Å². The molecule has 3 rings (SSSR count). The number of hydrogen-bond acceptors (Lipinski definition) is 5. The number of aromatic nitrogens is 2. The van der Waals surface area contributed by atoms with E-state index in [2.05, 4.69) is 15.5 Å². The standard InChI is InChI=1S/C14H17N3O2/c1-2-18-12-8-4-3-6-10(12)13-16-14(19-17-13)11-7-5-9-15-11/h3-4,6,8,11,15H,2,5,7,9H2,1H3. The average Bonchev–Trinajstić information content (AvgIpc) is 3.11. The Bertz CT molecular complexity index is 547. The van der Waals surface area contributed by atoms with E-state index in [1.165, 1.54) is 0 Å². The summed E-state index contributed by atoms with van der Waals surface area (Å²) in [6.07, 6.45) is 2.20. The minimum atomic E-state index is 0.195. The van der Waals surface area contributed by atoms with Crippen LogP contribution in [-0.4, -0.2) is 23.3 Å². The molecule has 19 heavy (non-hydrogen) atoms. The summed E-state index contributed by atoms with van der Waals surface area (Å²) in [7, 11) is 0. The van der Waals surface area contributed by atoms with Gasteiger partial charge in [0.25, 0.3) is 0 Å². The van der Waals surface area contributed by atoms with Crippen LogP contribution in [0.2, 0.25) is 0 Å². The molecular weight excluding hydrogens is 242 g/mol. The first kappa shape index (κ1) is 12.2. The third kappa shape index (κ3) is 2.46. The molecule has 1 aromatic carbocycles. The summed E-state index contributed by atoms with van der Waals surface area (Å²) >= 11 is 0. The van der Waals surface area contributed by atoms with Crippen LogP contribution >= 0.6 is 0 Å². The molecule has 2 heterocycles. The van der Waals surface area contributed by atoms with E-state index in [1.807, 2.05) is 31.2 Å². The second-order valence-electron chi connectivity index (χ2n) is 4.53. The summed E-state index contributed by atoms with van der Waals surface area (Å²) in [5.74, 6) is 2.04. The number of nitrogens with zero attached hydrogens (tertiary/aromatic N) is 2. The lowest BCUT2D eigenvalue weighted by atomic mass is 10.2. The van der Waals surface area contributed by atoms with Crippen molar-refractivity contribution < 1.29 is 9.26 Å². The van der Waals surface area contributed by atoms with Crippen LogP contribution in [0.3, 0.4) is 0 Å². The fraction of sp³-hybridized carbons (Fsp3) is 0.429. The summed E-state index contributed by atoms with van der Waals surface area (Å²) in [4.78, 5) is 4.49. The number of benzene rings is 1. The van der Waals surface area contributed by atoms with Gasteiger partial charge in [-0.1, -0.05) is 17.3 Å². The quantitative estimate of drug-likeness (QED) is 0.914. The number of hydrogen-bond donors (Lipinski definition) is 1. The molecule has 0 spiro atoms. The maximum atomic E-state index is 5.59. The van der Waals surface area contributed by atoms with Crippen molar-refractivity contribution in [2.45, 2.75) is 25.8 Å². The van der Waals surface area contributed by atoms with E-state index in [-0.39, 0.29) is 6.04 Å². The smallest absolute Gasteiger partial charge is 0.244 e. The summed E-state index contributed by atoms with van der Waals surface area (Å²) < 4.78 is 10.9. The third-order valence-corrected chi connectivity index (χ3v) is 3.23. The van der Waals surface area contributed by atoms with Crippen LogP contribution in [0.25, 0.3) is 11.4 Å². The largest absolute Gasteiger partial charge is 0.493 e. The molecule has 1 atom stereocenters. The summed E-state index contributed by atoms with van der Waals surface area (Å²) in [6.45, 7) is 3.59. The Morgan fingerprint density at radius 1 is 1.42 bits per heavy atom. The molecule has 1 aliphatic rings. The molecule has 0 saturated carbocycles. The highest BCUT2D eigenvalue weighted by atomic mass is 16.5. The van der Waals surface area contributed by atoms with Gasteiger partial charge in [-0.05, 0) is 38.4 Å². The van der Waals surface area contributed by atoms with E-state index in [9.17, 15) is 0 Å². The Morgan fingerprint density at radius 2 is 2.32 bits per heavy atom. The van der Waals surface area contributed by atoms with Crippen LogP contribution in [0, 0.1) is 0 Å². The molecule has 0 radical (unpaired) electrons. The molecular formula is C14H17N3O2. The predicted molar refractivity (Wildman–Crippen MR) is 70.9 cm³/mol. The molecule has 0 amide bonds. The van der Waals surface area contributed by atoms with Gasteiger partial charge in [0, 0.05) is 0 Å². The molecule has 5 nitrogen and oxygen atoms in total. The number of para-hydroxylation sites is 1. The Morgan fingerprint density at radius 3 is 3.11 bits per heavy atom. The van der Waals surface area contributed by atoms with Gasteiger partial charge in [0.1, 0.15) is 5.75 Å². The molecule has 5 heteroatoms. The van der Waals surface area contributed by atoms with Crippen molar-refractivity contribution in [1.82, 2.24) is 15.5 Å². The van der Waals surface area contributed by atoms with E-state index >= 15 is 0 Å². The second kappa shape index (κ2) is 5.40. The highest BCUT2D eigenvalue weighted by molar-refractivity contribution is 5.63. The molecule has 2 aromatic rings. The third-order valence-electron chi connectivity index (χ3n) is 3.23. The average molecular weight is 259 g/mol. The van der Waals surface area contributed by atoms with Crippen LogP contribution in [-0.2, 0) is 0 Å². The maximum Gasteiger partial charge on any atom is 0.244 e. The fourth-order valence-corrected chi connectivity index (χ4v) is 2.31. The minimum Gasteiger partial charge on any atom is -0.493 e. The van der Waals surface area contributed by atoms with Gasteiger partial charge in [-0.15, -0.1) is 0 Å². The van der Waals surface area contributed by atoms with Crippen LogP contribution in [0.4, 0.5) is 0 Å². The van der Waals surface area contributed by atoms with Gasteiger partial charge in [-0.25, -0.2) is 0 Å². The molecule has 1 fully saturated rings. The van der Waals surface area contributed by atoms with Gasteiger partial charge in [0.05, 0.1) is 18.2 Å². The van der Waals surface area contributed by atoms with Gasteiger partial charge in [0.15, 0.2) is 0 Å². The fourth-order valence-electron chi connectivity index (χ4n) is 2.31. The maximum absolute atomic E-state index is 5.59. The molecule has 100 valence electrons. The Kier molecular flexibility index (Phi) is 3.46. The van der Waals surface area contributed by atoms with Crippen molar-refractivity contribution >= 4 is 0 Å². The highest BCUT2D eigenvalue weighted by Gasteiger charge is 2.23. The Hall–Kier alpha value is -1.88. The minimum absolute atomic E-state index is 0.195. The summed E-state index contributed by atoms with van der Waals surface area (Å²) in [5, 5.41) is 7.42. The molecule has 1 N–H and O–H groups in total. The predicted octanol–water partition coefficient (Wildman–Crippen LogP) is 2.56. The van der Waals surface area contributed by atoms with Crippen LogP contribution < -0.4 is 10.1 Å². The zero-order valence-corrected chi connectivity index (χ0v) is 10.9. The Labute approximate surface area is 112 Å². The SMILES string of the molecule is CCOc1ccccc1-c1noc(C2CCCN2)n1. The van der Waals surface area contributed by atoms with E-state index in [4.69, 9.17) is 9.26 Å². The molecule has 0 bridgehead atoms. The molecule has 1 aromatic heterocycles.